The van der Waals surface area contributed by atoms with Crippen molar-refractivity contribution in [1.29, 1.82) is 0 Å². The Balaban J connectivity index is 4.06. The zero-order valence-electron chi connectivity index (χ0n) is 11.0. The zero-order chi connectivity index (χ0) is 12.4. The number of rotatable bonds is 9. The molecule has 0 amide bonds. The molecule has 0 bridgehead atoms. The predicted molar refractivity (Wildman–Crippen MR) is 68.5 cm³/mol. The summed E-state index contributed by atoms with van der Waals surface area (Å²) in [4.78, 5) is 10.7. The minimum Gasteiger partial charge on any atom is -0.478 e. The summed E-state index contributed by atoms with van der Waals surface area (Å²) in [6.45, 7) is 6.05. The predicted octanol–water partition coefficient (Wildman–Crippen LogP) is 4.40. The first kappa shape index (κ1) is 15.2. The van der Waals surface area contributed by atoms with Crippen LogP contribution in [0.25, 0.3) is 0 Å². The Bertz CT molecular complexity index is 219. The lowest BCUT2D eigenvalue weighted by Crippen LogP contribution is -2.02. The van der Waals surface area contributed by atoms with Gasteiger partial charge < -0.3 is 5.11 Å². The molecule has 0 spiro atoms. The van der Waals surface area contributed by atoms with E-state index in [4.69, 9.17) is 5.11 Å². The highest BCUT2D eigenvalue weighted by Crippen LogP contribution is 2.19. The van der Waals surface area contributed by atoms with Crippen molar-refractivity contribution in [2.24, 2.45) is 5.92 Å². The van der Waals surface area contributed by atoms with Gasteiger partial charge in [0.25, 0.3) is 0 Å². The molecule has 0 saturated heterocycles. The highest BCUT2D eigenvalue weighted by molar-refractivity contribution is 5.85. The van der Waals surface area contributed by atoms with E-state index in [0.29, 0.717) is 11.5 Å². The number of hydrogen-bond acceptors (Lipinski definition) is 1. The Morgan fingerprint density at radius 3 is 2.31 bits per heavy atom. The second-order valence-electron chi connectivity index (χ2n) is 4.55. The van der Waals surface area contributed by atoms with Gasteiger partial charge in [-0.2, -0.15) is 0 Å². The maximum absolute atomic E-state index is 10.7. The zero-order valence-corrected chi connectivity index (χ0v) is 11.0. The monoisotopic (exact) mass is 226 g/mol. The van der Waals surface area contributed by atoms with E-state index >= 15 is 0 Å². The first-order valence-electron chi connectivity index (χ1n) is 6.53. The average molecular weight is 226 g/mol. The van der Waals surface area contributed by atoms with Crippen LogP contribution < -0.4 is 0 Å². The molecule has 0 heterocycles. The fourth-order valence-electron chi connectivity index (χ4n) is 1.94. The molecule has 0 aliphatic carbocycles. The Morgan fingerprint density at radius 1 is 1.12 bits per heavy atom. The molecule has 1 atom stereocenters. The normalized spacial score (nSPS) is 13.8. The number of carboxylic acids is 1. The van der Waals surface area contributed by atoms with Crippen molar-refractivity contribution in [2.45, 2.75) is 65.7 Å². The number of aliphatic carboxylic acids is 1. The van der Waals surface area contributed by atoms with Crippen molar-refractivity contribution in [3.05, 3.63) is 11.6 Å². The highest BCUT2D eigenvalue weighted by atomic mass is 16.4. The van der Waals surface area contributed by atoms with Gasteiger partial charge in [-0.3, -0.25) is 0 Å². The van der Waals surface area contributed by atoms with Crippen LogP contribution in [-0.2, 0) is 4.79 Å². The van der Waals surface area contributed by atoms with Crippen LogP contribution in [0.15, 0.2) is 11.6 Å². The number of unbranched alkanes of at least 4 members (excludes halogenated alkanes) is 3. The van der Waals surface area contributed by atoms with Gasteiger partial charge in [0.05, 0.1) is 0 Å². The Labute approximate surface area is 99.7 Å². The summed E-state index contributed by atoms with van der Waals surface area (Å²) in [6.07, 6.45) is 10.4. The van der Waals surface area contributed by atoms with Crippen molar-refractivity contribution >= 4 is 5.97 Å². The minimum absolute atomic E-state index is 0.456. The first-order chi connectivity index (χ1) is 7.61. The molecule has 0 aromatic rings. The molecular formula is C14H26O2. The molecule has 0 aliphatic rings. The number of carboxylic acid groups (broad SMARTS) is 1. The standard InChI is InChI=1S/C14H26O2/c1-4-6-7-8-10-13(9-5-2)11-12(3)14(15)16/h11,13H,4-10H2,1-3H3,(H,15,16). The number of hydrogen-bond donors (Lipinski definition) is 1. The maximum Gasteiger partial charge on any atom is 0.330 e. The molecule has 2 nitrogen and oxygen atoms in total. The van der Waals surface area contributed by atoms with E-state index in [-0.39, 0.29) is 0 Å². The van der Waals surface area contributed by atoms with Gasteiger partial charge in [-0.25, -0.2) is 4.79 Å². The van der Waals surface area contributed by atoms with Gasteiger partial charge in [0.2, 0.25) is 0 Å². The van der Waals surface area contributed by atoms with Crippen molar-refractivity contribution in [3.63, 3.8) is 0 Å². The van der Waals surface area contributed by atoms with E-state index in [0.717, 1.165) is 19.3 Å². The smallest absolute Gasteiger partial charge is 0.330 e. The molecule has 94 valence electrons. The highest BCUT2D eigenvalue weighted by Gasteiger charge is 2.07. The van der Waals surface area contributed by atoms with Crippen LogP contribution >= 0.6 is 0 Å². The molecule has 0 aromatic carbocycles. The Hall–Kier alpha value is -0.790. The topological polar surface area (TPSA) is 37.3 Å². The molecule has 0 rings (SSSR count). The second-order valence-corrected chi connectivity index (χ2v) is 4.55. The fraction of sp³-hybridized carbons (Fsp3) is 0.786. The molecular weight excluding hydrogens is 200 g/mol. The summed E-state index contributed by atoms with van der Waals surface area (Å²) in [7, 11) is 0. The molecule has 0 aromatic heterocycles. The van der Waals surface area contributed by atoms with Crippen molar-refractivity contribution in [2.75, 3.05) is 0 Å². The van der Waals surface area contributed by atoms with E-state index in [2.05, 4.69) is 13.8 Å². The molecule has 0 saturated carbocycles. The van der Waals surface area contributed by atoms with Gasteiger partial charge in [0.1, 0.15) is 0 Å². The van der Waals surface area contributed by atoms with E-state index in [9.17, 15) is 4.79 Å². The van der Waals surface area contributed by atoms with Gasteiger partial charge in [-0.05, 0) is 25.7 Å². The van der Waals surface area contributed by atoms with Gasteiger partial charge in [0.15, 0.2) is 0 Å². The van der Waals surface area contributed by atoms with Crippen LogP contribution in [0.4, 0.5) is 0 Å². The summed E-state index contributed by atoms with van der Waals surface area (Å²) in [5.41, 5.74) is 0.494. The first-order valence-corrected chi connectivity index (χ1v) is 6.53. The van der Waals surface area contributed by atoms with Crippen LogP contribution in [0.5, 0.6) is 0 Å². The van der Waals surface area contributed by atoms with Crippen molar-refractivity contribution < 1.29 is 9.90 Å². The van der Waals surface area contributed by atoms with E-state index in [1.54, 1.807) is 6.92 Å². The third kappa shape index (κ3) is 7.49. The molecule has 1 N–H and O–H groups in total. The van der Waals surface area contributed by atoms with Crippen molar-refractivity contribution in [1.82, 2.24) is 0 Å². The molecule has 0 aliphatic heterocycles. The summed E-state index contributed by atoms with van der Waals surface area (Å²) < 4.78 is 0. The van der Waals surface area contributed by atoms with Crippen LogP contribution in [0.1, 0.15) is 65.7 Å². The van der Waals surface area contributed by atoms with Gasteiger partial charge in [-0.1, -0.05) is 52.0 Å². The summed E-state index contributed by atoms with van der Waals surface area (Å²) in [6, 6.07) is 0. The van der Waals surface area contributed by atoms with Crippen LogP contribution in [0, 0.1) is 5.92 Å². The van der Waals surface area contributed by atoms with E-state index < -0.39 is 5.97 Å². The number of allylic oxidation sites excluding steroid dienone is 1. The van der Waals surface area contributed by atoms with Crippen LogP contribution in [0.3, 0.4) is 0 Å². The van der Waals surface area contributed by atoms with Gasteiger partial charge >= 0.3 is 5.97 Å². The van der Waals surface area contributed by atoms with Crippen LogP contribution in [-0.4, -0.2) is 11.1 Å². The van der Waals surface area contributed by atoms with Gasteiger partial charge in [-0.15, -0.1) is 0 Å². The lowest BCUT2D eigenvalue weighted by atomic mass is 9.94. The number of carbonyl (C=O) groups is 1. The molecule has 16 heavy (non-hydrogen) atoms. The van der Waals surface area contributed by atoms with Gasteiger partial charge in [0, 0.05) is 5.57 Å². The van der Waals surface area contributed by atoms with E-state index in [1.807, 2.05) is 6.08 Å². The largest absolute Gasteiger partial charge is 0.478 e. The lowest BCUT2D eigenvalue weighted by Gasteiger charge is -2.12. The van der Waals surface area contributed by atoms with E-state index in [1.165, 1.54) is 25.7 Å². The summed E-state index contributed by atoms with van der Waals surface area (Å²) >= 11 is 0. The third-order valence-corrected chi connectivity index (χ3v) is 2.91. The third-order valence-electron chi connectivity index (χ3n) is 2.91. The fourth-order valence-corrected chi connectivity index (χ4v) is 1.94. The second kappa shape index (κ2) is 9.44. The summed E-state index contributed by atoms with van der Waals surface area (Å²) in [5, 5.41) is 8.84. The Morgan fingerprint density at radius 2 is 1.81 bits per heavy atom. The maximum atomic E-state index is 10.7. The summed E-state index contributed by atoms with van der Waals surface area (Å²) in [5.74, 6) is -0.326. The molecule has 0 fully saturated rings. The quantitative estimate of drug-likeness (QED) is 0.467. The molecule has 1 unspecified atom stereocenters. The molecule has 2 heteroatoms. The average Bonchev–Trinajstić information content (AvgIpc) is 2.24. The van der Waals surface area contributed by atoms with Crippen LogP contribution in [0.2, 0.25) is 0 Å². The Kier molecular flexibility index (Phi) is 8.97. The lowest BCUT2D eigenvalue weighted by molar-refractivity contribution is -0.132. The molecule has 0 radical (unpaired) electrons. The van der Waals surface area contributed by atoms with Crippen molar-refractivity contribution in [3.8, 4) is 0 Å². The minimum atomic E-state index is -0.783. The SMILES string of the molecule is CCCCCCC(C=C(C)C(=O)O)CCC.